The number of nitrogens with one attached hydrogen (secondary N) is 1. The highest BCUT2D eigenvalue weighted by Gasteiger charge is 2.25. The van der Waals surface area contributed by atoms with E-state index in [4.69, 9.17) is 0 Å². The van der Waals surface area contributed by atoms with E-state index in [1.165, 1.54) is 49.9 Å². The fraction of sp³-hybridized carbons (Fsp3) is 0.562. The third-order valence-corrected chi connectivity index (χ3v) is 4.43. The highest BCUT2D eigenvalue weighted by atomic mass is 16.1. The van der Waals surface area contributed by atoms with E-state index in [2.05, 4.69) is 22.3 Å². The number of benzene rings is 1. The third kappa shape index (κ3) is 2.81. The minimum absolute atomic E-state index is 0.00651. The summed E-state index contributed by atoms with van der Waals surface area (Å²) >= 11 is 0. The van der Waals surface area contributed by atoms with E-state index >= 15 is 0 Å². The van der Waals surface area contributed by atoms with Crippen LogP contribution in [-0.2, 0) is 17.6 Å². The Labute approximate surface area is 115 Å². The summed E-state index contributed by atoms with van der Waals surface area (Å²) in [5.41, 5.74) is 3.83. The van der Waals surface area contributed by atoms with Crippen LogP contribution in [0.2, 0.25) is 0 Å². The normalized spacial score (nSPS) is 23.1. The molecule has 0 radical (unpaired) electrons. The summed E-state index contributed by atoms with van der Waals surface area (Å²) in [6.45, 7) is 4.14. The number of rotatable bonds is 2. The van der Waals surface area contributed by atoms with E-state index in [0.717, 1.165) is 18.2 Å². The van der Waals surface area contributed by atoms with E-state index in [9.17, 15) is 4.79 Å². The van der Waals surface area contributed by atoms with Crippen LogP contribution in [0.1, 0.15) is 37.3 Å². The summed E-state index contributed by atoms with van der Waals surface area (Å²) in [6, 6.07) is 7.16. The third-order valence-electron chi connectivity index (χ3n) is 4.43. The van der Waals surface area contributed by atoms with Crippen molar-refractivity contribution in [2.45, 2.75) is 45.1 Å². The lowest BCUT2D eigenvalue weighted by molar-refractivity contribution is -0.114. The molecule has 3 rings (SSSR count). The Balaban J connectivity index is 1.72. The lowest BCUT2D eigenvalue weighted by atomic mass is 10.0. The molecule has 1 amide bonds. The molecule has 1 atom stereocenters. The molecule has 1 aliphatic carbocycles. The maximum Gasteiger partial charge on any atom is 0.221 e. The van der Waals surface area contributed by atoms with Gasteiger partial charge >= 0.3 is 0 Å². The molecule has 102 valence electrons. The van der Waals surface area contributed by atoms with Gasteiger partial charge in [0.1, 0.15) is 0 Å². The second-order valence-electron chi connectivity index (χ2n) is 5.79. The minimum Gasteiger partial charge on any atom is -0.326 e. The average molecular weight is 258 g/mol. The van der Waals surface area contributed by atoms with Gasteiger partial charge in [-0.05, 0) is 68.5 Å². The zero-order valence-corrected chi connectivity index (χ0v) is 11.6. The SMILES string of the molecule is CC(=O)Nc1ccc2c(c1)CCC(N1CCC1)CC2. The molecule has 1 aromatic rings. The number of likely N-dealkylation sites (tertiary alicyclic amines) is 1. The molecule has 1 aromatic carbocycles. The quantitative estimate of drug-likeness (QED) is 0.827. The fourth-order valence-electron chi connectivity index (χ4n) is 3.24. The Morgan fingerprint density at radius 3 is 2.58 bits per heavy atom. The van der Waals surface area contributed by atoms with Crippen LogP contribution in [0, 0.1) is 0 Å². The molecule has 0 spiro atoms. The average Bonchev–Trinajstić information content (AvgIpc) is 2.49. The van der Waals surface area contributed by atoms with Crippen LogP contribution in [0.25, 0.3) is 0 Å². The molecule has 0 aromatic heterocycles. The summed E-state index contributed by atoms with van der Waals surface area (Å²) in [4.78, 5) is 13.7. The van der Waals surface area contributed by atoms with Crippen LogP contribution in [0.3, 0.4) is 0 Å². The predicted molar refractivity (Wildman–Crippen MR) is 77.4 cm³/mol. The largest absolute Gasteiger partial charge is 0.326 e. The second-order valence-corrected chi connectivity index (χ2v) is 5.79. The van der Waals surface area contributed by atoms with Gasteiger partial charge in [-0.25, -0.2) is 0 Å². The van der Waals surface area contributed by atoms with Gasteiger partial charge in [0.2, 0.25) is 5.91 Å². The number of carbonyl (C=O) groups excluding carboxylic acids is 1. The lowest BCUT2D eigenvalue weighted by Crippen LogP contribution is -2.45. The number of hydrogen-bond donors (Lipinski definition) is 1. The molecule has 0 saturated carbocycles. The monoisotopic (exact) mass is 258 g/mol. The molecule has 3 heteroatoms. The summed E-state index contributed by atoms with van der Waals surface area (Å²) in [5.74, 6) is 0.00651. The standard InChI is InChI=1S/C16H22N2O/c1-12(19)17-15-6-3-13-4-7-16(18-9-2-10-18)8-5-14(13)11-15/h3,6,11,16H,2,4-5,7-10H2,1H3,(H,17,19). The van der Waals surface area contributed by atoms with E-state index < -0.39 is 0 Å². The first-order chi connectivity index (χ1) is 9.22. The maximum atomic E-state index is 11.1. The van der Waals surface area contributed by atoms with Crippen molar-refractivity contribution in [3.05, 3.63) is 29.3 Å². The van der Waals surface area contributed by atoms with Gasteiger partial charge in [-0.1, -0.05) is 6.07 Å². The fourth-order valence-corrected chi connectivity index (χ4v) is 3.24. The Bertz CT molecular complexity index is 480. The van der Waals surface area contributed by atoms with Crippen LogP contribution in [0.15, 0.2) is 18.2 Å². The molecule has 1 saturated heterocycles. The van der Waals surface area contributed by atoms with Gasteiger partial charge in [0.25, 0.3) is 0 Å². The number of hydrogen-bond acceptors (Lipinski definition) is 2. The van der Waals surface area contributed by atoms with Gasteiger partial charge < -0.3 is 10.2 Å². The Hall–Kier alpha value is -1.35. The summed E-state index contributed by atoms with van der Waals surface area (Å²) < 4.78 is 0. The zero-order valence-electron chi connectivity index (χ0n) is 11.6. The molecule has 1 heterocycles. The van der Waals surface area contributed by atoms with Crippen LogP contribution in [-0.4, -0.2) is 29.9 Å². The van der Waals surface area contributed by atoms with Crippen molar-refractivity contribution >= 4 is 11.6 Å². The number of fused-ring (bicyclic) bond motifs is 1. The van der Waals surface area contributed by atoms with Crippen LogP contribution in [0.4, 0.5) is 5.69 Å². The highest BCUT2D eigenvalue weighted by Crippen LogP contribution is 2.28. The number of anilines is 1. The molecular formula is C16H22N2O. The first-order valence-electron chi connectivity index (χ1n) is 7.36. The van der Waals surface area contributed by atoms with Crippen molar-refractivity contribution in [1.29, 1.82) is 0 Å². The summed E-state index contributed by atoms with van der Waals surface area (Å²) in [6.07, 6.45) is 6.24. The molecular weight excluding hydrogens is 236 g/mol. The van der Waals surface area contributed by atoms with Crippen molar-refractivity contribution < 1.29 is 4.79 Å². The van der Waals surface area contributed by atoms with E-state index in [-0.39, 0.29) is 5.91 Å². The minimum atomic E-state index is 0.00651. The maximum absolute atomic E-state index is 11.1. The summed E-state index contributed by atoms with van der Waals surface area (Å²) in [7, 11) is 0. The Morgan fingerprint density at radius 1 is 1.21 bits per heavy atom. The van der Waals surface area contributed by atoms with Gasteiger partial charge in [0.05, 0.1) is 0 Å². The van der Waals surface area contributed by atoms with Crippen molar-refractivity contribution in [2.24, 2.45) is 0 Å². The number of amides is 1. The number of aryl methyl sites for hydroxylation is 2. The first kappa shape index (κ1) is 12.7. The molecule has 1 unspecified atom stereocenters. The molecule has 19 heavy (non-hydrogen) atoms. The van der Waals surface area contributed by atoms with Gasteiger partial charge in [-0.15, -0.1) is 0 Å². The van der Waals surface area contributed by atoms with Crippen LogP contribution < -0.4 is 5.32 Å². The van der Waals surface area contributed by atoms with Gasteiger partial charge in [0, 0.05) is 18.7 Å². The van der Waals surface area contributed by atoms with Gasteiger partial charge in [-0.3, -0.25) is 4.79 Å². The molecule has 3 nitrogen and oxygen atoms in total. The lowest BCUT2D eigenvalue weighted by Gasteiger charge is -2.38. The van der Waals surface area contributed by atoms with Crippen molar-refractivity contribution in [2.75, 3.05) is 18.4 Å². The van der Waals surface area contributed by atoms with Gasteiger partial charge in [0.15, 0.2) is 0 Å². The highest BCUT2D eigenvalue weighted by molar-refractivity contribution is 5.88. The Kier molecular flexibility index (Phi) is 3.56. The Morgan fingerprint density at radius 2 is 1.95 bits per heavy atom. The van der Waals surface area contributed by atoms with E-state index in [1.54, 1.807) is 6.92 Å². The second kappa shape index (κ2) is 5.33. The molecule has 0 bridgehead atoms. The van der Waals surface area contributed by atoms with Crippen molar-refractivity contribution in [3.8, 4) is 0 Å². The van der Waals surface area contributed by atoms with Crippen LogP contribution in [0.5, 0.6) is 0 Å². The molecule has 1 N–H and O–H groups in total. The number of nitrogens with zero attached hydrogens (tertiary/aromatic N) is 1. The van der Waals surface area contributed by atoms with E-state index in [1.807, 2.05) is 6.07 Å². The molecule has 1 fully saturated rings. The smallest absolute Gasteiger partial charge is 0.221 e. The van der Waals surface area contributed by atoms with Crippen molar-refractivity contribution in [3.63, 3.8) is 0 Å². The van der Waals surface area contributed by atoms with Crippen LogP contribution >= 0.6 is 0 Å². The molecule has 1 aliphatic heterocycles. The predicted octanol–water partition coefficient (Wildman–Crippen LogP) is 2.60. The summed E-state index contributed by atoms with van der Waals surface area (Å²) in [5, 5.41) is 2.88. The van der Waals surface area contributed by atoms with E-state index in [0.29, 0.717) is 0 Å². The van der Waals surface area contributed by atoms with Crippen molar-refractivity contribution in [1.82, 2.24) is 4.90 Å². The topological polar surface area (TPSA) is 32.3 Å². The zero-order chi connectivity index (χ0) is 13.2. The molecule has 2 aliphatic rings. The van der Waals surface area contributed by atoms with Gasteiger partial charge in [-0.2, -0.15) is 0 Å². The number of carbonyl (C=O) groups is 1. The first-order valence-corrected chi connectivity index (χ1v) is 7.36.